The number of amides is 4. The fourth-order valence-corrected chi connectivity index (χ4v) is 4.02. The quantitative estimate of drug-likeness (QED) is 0.787. The van der Waals surface area contributed by atoms with Gasteiger partial charge in [-0.2, -0.15) is 0 Å². The lowest BCUT2D eigenvalue weighted by atomic mass is 10.1. The van der Waals surface area contributed by atoms with Gasteiger partial charge in [0, 0.05) is 32.1 Å². The number of para-hydroxylation sites is 1. The maximum atomic E-state index is 13.0. The minimum absolute atomic E-state index is 0.134. The predicted octanol–water partition coefficient (Wildman–Crippen LogP) is 1.77. The van der Waals surface area contributed by atoms with E-state index >= 15 is 0 Å². The van der Waals surface area contributed by atoms with Gasteiger partial charge in [-0.3, -0.25) is 29.0 Å². The van der Waals surface area contributed by atoms with Gasteiger partial charge in [-0.1, -0.05) is 30.3 Å². The number of benzene rings is 2. The van der Waals surface area contributed by atoms with Crippen LogP contribution in [0.25, 0.3) is 0 Å². The first kappa shape index (κ1) is 18.9. The van der Waals surface area contributed by atoms with Crippen LogP contribution in [0.15, 0.2) is 48.5 Å². The molecule has 2 aromatic carbocycles. The van der Waals surface area contributed by atoms with Gasteiger partial charge in [0.05, 0.1) is 11.1 Å². The molecular weight excluding hydrogens is 370 g/mol. The van der Waals surface area contributed by atoms with Crippen LogP contribution in [0, 0.1) is 0 Å². The fraction of sp³-hybridized carbons (Fsp3) is 0.273. The van der Waals surface area contributed by atoms with Gasteiger partial charge < -0.3 is 5.32 Å². The van der Waals surface area contributed by atoms with E-state index in [0.717, 1.165) is 11.3 Å². The second-order valence-corrected chi connectivity index (χ2v) is 7.14. The molecule has 0 saturated heterocycles. The SMILES string of the molecule is CNC(=O)[C@@H]1Cc2ccccc2N1C(=O)CCCN1C(=O)c2ccccc2C1=O. The molecule has 0 saturated carbocycles. The molecule has 0 unspecified atom stereocenters. The van der Waals surface area contributed by atoms with Crippen LogP contribution in [-0.2, 0) is 16.0 Å². The van der Waals surface area contributed by atoms with E-state index in [1.165, 1.54) is 9.80 Å². The zero-order valence-electron chi connectivity index (χ0n) is 16.1. The molecular formula is C22H21N3O4. The Hall–Kier alpha value is -3.48. The standard InChI is InChI=1S/C22H21N3O4/c1-23-20(27)18-13-14-7-2-5-10-17(14)25(18)19(26)11-6-12-24-21(28)15-8-3-4-9-16(15)22(24)29/h2-5,7-10,18H,6,11-13H2,1H3,(H,23,27)/t18-/m0/s1. The van der Waals surface area contributed by atoms with Gasteiger partial charge in [0.2, 0.25) is 11.8 Å². The molecule has 1 atom stereocenters. The fourth-order valence-electron chi connectivity index (χ4n) is 4.02. The highest BCUT2D eigenvalue weighted by atomic mass is 16.2. The largest absolute Gasteiger partial charge is 0.357 e. The lowest BCUT2D eigenvalue weighted by Gasteiger charge is -2.24. The van der Waals surface area contributed by atoms with Crippen molar-refractivity contribution in [1.29, 1.82) is 0 Å². The Labute approximate surface area is 168 Å². The average Bonchev–Trinajstić information content (AvgIpc) is 3.25. The molecule has 2 aliphatic heterocycles. The highest BCUT2D eigenvalue weighted by molar-refractivity contribution is 6.21. The third-order valence-electron chi connectivity index (χ3n) is 5.44. The van der Waals surface area contributed by atoms with E-state index in [-0.39, 0.29) is 36.6 Å². The number of hydrogen-bond acceptors (Lipinski definition) is 4. The van der Waals surface area contributed by atoms with Crippen molar-refractivity contribution in [2.24, 2.45) is 0 Å². The van der Waals surface area contributed by atoms with Crippen molar-refractivity contribution in [2.75, 3.05) is 18.5 Å². The Morgan fingerprint density at radius 2 is 1.62 bits per heavy atom. The van der Waals surface area contributed by atoms with E-state index in [0.29, 0.717) is 24.0 Å². The topological polar surface area (TPSA) is 86.8 Å². The van der Waals surface area contributed by atoms with Crippen molar-refractivity contribution in [3.05, 3.63) is 65.2 Å². The number of imide groups is 1. The van der Waals surface area contributed by atoms with E-state index in [9.17, 15) is 19.2 Å². The molecule has 1 N–H and O–H groups in total. The monoisotopic (exact) mass is 391 g/mol. The number of nitrogens with zero attached hydrogens (tertiary/aromatic N) is 2. The van der Waals surface area contributed by atoms with Gasteiger partial charge in [0.15, 0.2) is 0 Å². The third kappa shape index (κ3) is 3.18. The van der Waals surface area contributed by atoms with Crippen LogP contribution < -0.4 is 10.2 Å². The second kappa shape index (κ2) is 7.50. The predicted molar refractivity (Wildman–Crippen MR) is 107 cm³/mol. The number of rotatable bonds is 5. The van der Waals surface area contributed by atoms with E-state index in [1.54, 1.807) is 31.3 Å². The first-order chi connectivity index (χ1) is 14.0. The van der Waals surface area contributed by atoms with Gasteiger partial charge in [0.1, 0.15) is 6.04 Å². The van der Waals surface area contributed by atoms with Gasteiger partial charge in [-0.05, 0) is 30.2 Å². The average molecular weight is 391 g/mol. The first-order valence-electron chi connectivity index (χ1n) is 9.59. The molecule has 2 aromatic rings. The highest BCUT2D eigenvalue weighted by Gasteiger charge is 2.38. The van der Waals surface area contributed by atoms with Gasteiger partial charge >= 0.3 is 0 Å². The molecule has 148 valence electrons. The van der Waals surface area contributed by atoms with Gasteiger partial charge in [-0.25, -0.2) is 0 Å². The molecule has 0 fully saturated rings. The summed E-state index contributed by atoms with van der Waals surface area (Å²) in [5, 5.41) is 2.62. The zero-order chi connectivity index (χ0) is 20.5. The summed E-state index contributed by atoms with van der Waals surface area (Å²) in [5.41, 5.74) is 2.50. The summed E-state index contributed by atoms with van der Waals surface area (Å²) in [6.45, 7) is 0.165. The van der Waals surface area contributed by atoms with Crippen molar-refractivity contribution in [3.63, 3.8) is 0 Å². The van der Waals surface area contributed by atoms with Crippen molar-refractivity contribution < 1.29 is 19.2 Å². The molecule has 0 radical (unpaired) electrons. The minimum Gasteiger partial charge on any atom is -0.357 e. The number of fused-ring (bicyclic) bond motifs is 2. The van der Waals surface area contributed by atoms with Crippen molar-refractivity contribution in [2.45, 2.75) is 25.3 Å². The van der Waals surface area contributed by atoms with Crippen molar-refractivity contribution in [1.82, 2.24) is 10.2 Å². The smallest absolute Gasteiger partial charge is 0.261 e. The molecule has 7 heteroatoms. The van der Waals surface area contributed by atoms with Crippen LogP contribution in [0.1, 0.15) is 39.1 Å². The summed E-state index contributed by atoms with van der Waals surface area (Å²) in [5.74, 6) is -1.06. The van der Waals surface area contributed by atoms with Crippen molar-refractivity contribution >= 4 is 29.3 Å². The molecule has 0 bridgehead atoms. The first-order valence-corrected chi connectivity index (χ1v) is 9.59. The summed E-state index contributed by atoms with van der Waals surface area (Å²) in [6.07, 6.45) is 0.943. The molecule has 4 amide bonds. The van der Waals surface area contributed by atoms with Crippen LogP contribution in [-0.4, -0.2) is 48.2 Å². The van der Waals surface area contributed by atoms with Gasteiger partial charge in [0.25, 0.3) is 11.8 Å². The summed E-state index contributed by atoms with van der Waals surface area (Å²) >= 11 is 0. The second-order valence-electron chi connectivity index (χ2n) is 7.14. The minimum atomic E-state index is -0.579. The molecule has 2 aliphatic rings. The summed E-state index contributed by atoms with van der Waals surface area (Å²) in [7, 11) is 1.55. The number of nitrogens with one attached hydrogen (secondary N) is 1. The molecule has 0 aliphatic carbocycles. The lowest BCUT2D eigenvalue weighted by Crippen LogP contribution is -2.47. The van der Waals surface area contributed by atoms with Gasteiger partial charge in [-0.15, -0.1) is 0 Å². The Morgan fingerprint density at radius 3 is 2.28 bits per heavy atom. The molecule has 4 rings (SSSR count). The van der Waals surface area contributed by atoms with Crippen molar-refractivity contribution in [3.8, 4) is 0 Å². The highest BCUT2D eigenvalue weighted by Crippen LogP contribution is 2.33. The summed E-state index contributed by atoms with van der Waals surface area (Å²) in [6, 6.07) is 13.6. The van der Waals surface area contributed by atoms with Crippen LogP contribution in [0.2, 0.25) is 0 Å². The molecule has 2 heterocycles. The Kier molecular flexibility index (Phi) is 4.88. The number of anilines is 1. The number of carbonyl (C=O) groups excluding carboxylic acids is 4. The normalized spacial score (nSPS) is 17.3. The Morgan fingerprint density at radius 1 is 1.00 bits per heavy atom. The number of hydrogen-bond donors (Lipinski definition) is 1. The van der Waals surface area contributed by atoms with E-state index in [1.807, 2.05) is 24.3 Å². The lowest BCUT2D eigenvalue weighted by molar-refractivity contribution is -0.125. The van der Waals surface area contributed by atoms with Crippen LogP contribution in [0.5, 0.6) is 0 Å². The third-order valence-corrected chi connectivity index (χ3v) is 5.44. The van der Waals surface area contributed by atoms with E-state index < -0.39 is 6.04 Å². The number of likely N-dealkylation sites (N-methyl/N-ethyl adjacent to an activating group) is 1. The maximum absolute atomic E-state index is 13.0. The molecule has 0 spiro atoms. The maximum Gasteiger partial charge on any atom is 0.261 e. The Balaban J connectivity index is 1.44. The molecule has 29 heavy (non-hydrogen) atoms. The van der Waals surface area contributed by atoms with Crippen LogP contribution in [0.3, 0.4) is 0 Å². The van der Waals surface area contributed by atoms with Crippen LogP contribution in [0.4, 0.5) is 5.69 Å². The van der Waals surface area contributed by atoms with Crippen LogP contribution >= 0.6 is 0 Å². The van der Waals surface area contributed by atoms with E-state index in [4.69, 9.17) is 0 Å². The zero-order valence-corrected chi connectivity index (χ0v) is 16.1. The molecule has 7 nitrogen and oxygen atoms in total. The van der Waals surface area contributed by atoms with E-state index in [2.05, 4.69) is 5.32 Å². The number of carbonyl (C=O) groups is 4. The summed E-state index contributed by atoms with van der Waals surface area (Å²) < 4.78 is 0. The molecule has 0 aromatic heterocycles. The summed E-state index contributed by atoms with van der Waals surface area (Å²) in [4.78, 5) is 52.8. The Bertz CT molecular complexity index is 982.